The highest BCUT2D eigenvalue weighted by Gasteiger charge is 2.17. The van der Waals surface area contributed by atoms with Crippen LogP contribution in [0.15, 0.2) is 24.5 Å². The molecule has 1 aliphatic rings. The minimum Gasteiger partial charge on any atom is -0.353 e. The molecule has 19 heavy (non-hydrogen) atoms. The summed E-state index contributed by atoms with van der Waals surface area (Å²) < 4.78 is 0. The Morgan fingerprint density at radius 1 is 1.26 bits per heavy atom. The Labute approximate surface area is 109 Å². The Hall–Kier alpha value is -2.28. The van der Waals surface area contributed by atoms with Crippen molar-refractivity contribution in [3.05, 3.63) is 34.6 Å². The summed E-state index contributed by atoms with van der Waals surface area (Å²) in [5.41, 5.74) is 0.799. The second-order valence-corrected chi connectivity index (χ2v) is 4.39. The molecule has 0 radical (unpaired) electrons. The monoisotopic (exact) mass is 259 g/mol. The molecule has 1 N–H and O–H groups in total. The van der Waals surface area contributed by atoms with Crippen molar-refractivity contribution in [2.45, 2.75) is 0 Å². The maximum absolute atomic E-state index is 10.9. The quantitative estimate of drug-likeness (QED) is 0.638. The van der Waals surface area contributed by atoms with Crippen molar-refractivity contribution in [3.63, 3.8) is 0 Å². The Balaban J connectivity index is 2.11. The number of benzene rings is 1. The smallest absolute Gasteiger partial charge is 0.270 e. The van der Waals surface area contributed by atoms with Crippen molar-refractivity contribution in [1.29, 1.82) is 0 Å². The predicted octanol–water partition coefficient (Wildman–Crippen LogP) is 0.948. The van der Waals surface area contributed by atoms with Crippen LogP contribution in [-0.2, 0) is 0 Å². The van der Waals surface area contributed by atoms with Gasteiger partial charge in [0, 0.05) is 43.7 Å². The molecule has 0 spiro atoms. The van der Waals surface area contributed by atoms with Gasteiger partial charge >= 0.3 is 0 Å². The zero-order chi connectivity index (χ0) is 13.2. The lowest BCUT2D eigenvalue weighted by atomic mass is 10.2. The van der Waals surface area contributed by atoms with Crippen LogP contribution in [0.3, 0.4) is 0 Å². The molecule has 1 saturated heterocycles. The molecule has 1 fully saturated rings. The summed E-state index contributed by atoms with van der Waals surface area (Å²) in [6.07, 6.45) is 1.51. The van der Waals surface area contributed by atoms with Crippen molar-refractivity contribution in [2.24, 2.45) is 0 Å². The third kappa shape index (κ3) is 2.19. The van der Waals surface area contributed by atoms with E-state index in [2.05, 4.69) is 20.2 Å². The first-order chi connectivity index (χ1) is 9.25. The molecule has 0 atom stereocenters. The van der Waals surface area contributed by atoms with Gasteiger partial charge in [-0.25, -0.2) is 9.97 Å². The van der Waals surface area contributed by atoms with Crippen LogP contribution in [0, 0.1) is 10.1 Å². The minimum absolute atomic E-state index is 0.0682. The maximum atomic E-state index is 10.9. The fourth-order valence-corrected chi connectivity index (χ4v) is 2.27. The number of fused-ring (bicyclic) bond motifs is 1. The second kappa shape index (κ2) is 4.77. The summed E-state index contributed by atoms with van der Waals surface area (Å²) >= 11 is 0. The maximum Gasteiger partial charge on any atom is 0.270 e. The first-order valence-electron chi connectivity index (χ1n) is 6.10. The van der Waals surface area contributed by atoms with Crippen LogP contribution in [-0.4, -0.2) is 41.1 Å². The number of rotatable bonds is 2. The zero-order valence-electron chi connectivity index (χ0n) is 10.2. The first kappa shape index (κ1) is 11.8. The number of nitro groups is 1. The number of non-ortho nitro benzene ring substituents is 1. The number of aromatic nitrogens is 2. The molecule has 0 unspecified atom stereocenters. The fourth-order valence-electron chi connectivity index (χ4n) is 2.27. The van der Waals surface area contributed by atoms with E-state index < -0.39 is 4.92 Å². The SMILES string of the molecule is O=[N+]([O-])c1ccc2ncnc(N3CCNCC3)c2c1. The minimum atomic E-state index is -0.395. The number of hydrogen-bond donors (Lipinski definition) is 1. The first-order valence-corrected chi connectivity index (χ1v) is 6.10. The van der Waals surface area contributed by atoms with Crippen molar-refractivity contribution in [3.8, 4) is 0 Å². The Morgan fingerprint density at radius 3 is 2.79 bits per heavy atom. The molecular formula is C12H13N5O2. The summed E-state index contributed by atoms with van der Waals surface area (Å²) in [5, 5.41) is 14.9. The van der Waals surface area contributed by atoms with E-state index in [9.17, 15) is 10.1 Å². The van der Waals surface area contributed by atoms with Crippen molar-refractivity contribution in [1.82, 2.24) is 15.3 Å². The molecule has 7 nitrogen and oxygen atoms in total. The van der Waals surface area contributed by atoms with Gasteiger partial charge in [-0.1, -0.05) is 0 Å². The number of nitrogens with zero attached hydrogens (tertiary/aromatic N) is 4. The third-order valence-electron chi connectivity index (χ3n) is 3.23. The lowest BCUT2D eigenvalue weighted by Gasteiger charge is -2.28. The van der Waals surface area contributed by atoms with Gasteiger partial charge in [0.2, 0.25) is 0 Å². The fraction of sp³-hybridized carbons (Fsp3) is 0.333. The van der Waals surface area contributed by atoms with E-state index in [4.69, 9.17) is 0 Å². The predicted molar refractivity (Wildman–Crippen MR) is 71.3 cm³/mol. The normalized spacial score (nSPS) is 15.7. The van der Waals surface area contributed by atoms with E-state index in [1.54, 1.807) is 12.1 Å². The number of piperazine rings is 1. The molecule has 98 valence electrons. The highest BCUT2D eigenvalue weighted by molar-refractivity contribution is 5.91. The largest absolute Gasteiger partial charge is 0.353 e. The highest BCUT2D eigenvalue weighted by atomic mass is 16.6. The van der Waals surface area contributed by atoms with Gasteiger partial charge in [-0.15, -0.1) is 0 Å². The van der Waals surface area contributed by atoms with E-state index in [0.29, 0.717) is 0 Å². The molecule has 0 bridgehead atoms. The average Bonchev–Trinajstić information content (AvgIpc) is 2.47. The van der Waals surface area contributed by atoms with Gasteiger partial charge in [0.1, 0.15) is 12.1 Å². The lowest BCUT2D eigenvalue weighted by molar-refractivity contribution is -0.384. The number of nitro benzene ring substituents is 1. The van der Waals surface area contributed by atoms with Gasteiger partial charge < -0.3 is 10.2 Å². The van der Waals surface area contributed by atoms with Gasteiger partial charge in [-0.3, -0.25) is 10.1 Å². The van der Waals surface area contributed by atoms with E-state index in [1.807, 2.05) is 0 Å². The molecule has 7 heteroatoms. The molecule has 2 heterocycles. The summed E-state index contributed by atoms with van der Waals surface area (Å²) in [5.74, 6) is 0.773. The molecule has 1 aromatic heterocycles. The molecular weight excluding hydrogens is 246 g/mol. The molecule has 1 aliphatic heterocycles. The second-order valence-electron chi connectivity index (χ2n) is 4.39. The number of anilines is 1. The molecule has 3 rings (SSSR count). The van der Waals surface area contributed by atoms with Crippen LogP contribution < -0.4 is 10.2 Å². The highest BCUT2D eigenvalue weighted by Crippen LogP contribution is 2.26. The molecule has 1 aromatic carbocycles. The van der Waals surface area contributed by atoms with Crippen molar-refractivity contribution < 1.29 is 4.92 Å². The van der Waals surface area contributed by atoms with Crippen LogP contribution >= 0.6 is 0 Å². The van der Waals surface area contributed by atoms with Gasteiger partial charge in [-0.2, -0.15) is 0 Å². The van der Waals surface area contributed by atoms with Crippen LogP contribution in [0.25, 0.3) is 10.9 Å². The Bertz CT molecular complexity index is 625. The number of nitrogens with one attached hydrogen (secondary N) is 1. The van der Waals surface area contributed by atoms with E-state index >= 15 is 0 Å². The third-order valence-corrected chi connectivity index (χ3v) is 3.23. The summed E-state index contributed by atoms with van der Waals surface area (Å²) in [4.78, 5) is 21.1. The summed E-state index contributed by atoms with van der Waals surface area (Å²) in [6, 6.07) is 4.68. The average molecular weight is 259 g/mol. The van der Waals surface area contributed by atoms with E-state index in [0.717, 1.165) is 42.9 Å². The zero-order valence-corrected chi connectivity index (χ0v) is 10.2. The van der Waals surface area contributed by atoms with Crippen molar-refractivity contribution in [2.75, 3.05) is 31.1 Å². The van der Waals surface area contributed by atoms with Crippen LogP contribution in [0.1, 0.15) is 0 Å². The summed E-state index contributed by atoms with van der Waals surface area (Å²) in [6.45, 7) is 3.46. The van der Waals surface area contributed by atoms with Crippen LogP contribution in [0.5, 0.6) is 0 Å². The topological polar surface area (TPSA) is 84.2 Å². The molecule has 0 aliphatic carbocycles. The molecule has 0 saturated carbocycles. The molecule has 2 aromatic rings. The number of hydrogen-bond acceptors (Lipinski definition) is 6. The Morgan fingerprint density at radius 2 is 2.05 bits per heavy atom. The standard InChI is InChI=1S/C12H13N5O2/c18-17(19)9-1-2-11-10(7-9)12(15-8-14-11)16-5-3-13-4-6-16/h1-2,7-8,13H,3-6H2. The summed E-state index contributed by atoms with van der Waals surface area (Å²) in [7, 11) is 0. The lowest BCUT2D eigenvalue weighted by Crippen LogP contribution is -2.44. The van der Waals surface area contributed by atoms with Gasteiger partial charge in [0.25, 0.3) is 5.69 Å². The van der Waals surface area contributed by atoms with Gasteiger partial charge in [0.05, 0.1) is 10.4 Å². The van der Waals surface area contributed by atoms with E-state index in [1.165, 1.54) is 12.4 Å². The van der Waals surface area contributed by atoms with Crippen molar-refractivity contribution >= 4 is 22.4 Å². The van der Waals surface area contributed by atoms with E-state index in [-0.39, 0.29) is 5.69 Å². The van der Waals surface area contributed by atoms with Gasteiger partial charge in [-0.05, 0) is 6.07 Å². The van der Waals surface area contributed by atoms with Crippen LogP contribution in [0.4, 0.5) is 11.5 Å². The van der Waals surface area contributed by atoms with Crippen LogP contribution in [0.2, 0.25) is 0 Å². The van der Waals surface area contributed by atoms with Gasteiger partial charge in [0.15, 0.2) is 0 Å². The molecule has 0 amide bonds. The Kier molecular flexibility index (Phi) is 2.96.